The van der Waals surface area contributed by atoms with E-state index in [1.807, 2.05) is 29.2 Å². The summed E-state index contributed by atoms with van der Waals surface area (Å²) in [6.45, 7) is 4.10. The van der Waals surface area contributed by atoms with Crippen LogP contribution in [-0.4, -0.2) is 44.1 Å². The maximum Gasteiger partial charge on any atom is 0.226 e. The fraction of sp³-hybridized carbons (Fsp3) is 0.588. The van der Waals surface area contributed by atoms with Crippen LogP contribution in [-0.2, 0) is 11.2 Å². The third kappa shape index (κ3) is 3.21. The molecule has 2 aliphatic heterocycles. The molecule has 0 aromatic heterocycles. The molecule has 1 N–H and O–H groups in total. The Balaban J connectivity index is 1.54. The number of carbonyl (C=O) groups is 1. The molecule has 4 heteroatoms. The standard InChI is InChI=1S/C17H24N2O2/c1-21-15-4-2-14(3-5-15)12-16(20)19-10-7-17(8-11-19)6-9-18-13-17/h2-5,18H,6-13H2,1H3. The van der Waals surface area contributed by atoms with Crippen molar-refractivity contribution in [2.75, 3.05) is 33.3 Å². The molecule has 2 aliphatic rings. The number of benzene rings is 1. The molecule has 0 atom stereocenters. The van der Waals surface area contributed by atoms with Crippen molar-refractivity contribution >= 4 is 5.91 Å². The topological polar surface area (TPSA) is 41.6 Å². The maximum atomic E-state index is 12.4. The van der Waals surface area contributed by atoms with Crippen molar-refractivity contribution in [2.24, 2.45) is 5.41 Å². The predicted molar refractivity (Wildman–Crippen MR) is 82.4 cm³/mol. The first-order valence-corrected chi connectivity index (χ1v) is 7.82. The van der Waals surface area contributed by atoms with Gasteiger partial charge in [-0.2, -0.15) is 0 Å². The number of hydrogen-bond acceptors (Lipinski definition) is 3. The molecule has 0 saturated carbocycles. The van der Waals surface area contributed by atoms with Crippen LogP contribution < -0.4 is 10.1 Å². The lowest BCUT2D eigenvalue weighted by molar-refractivity contribution is -0.132. The summed E-state index contributed by atoms with van der Waals surface area (Å²) in [6, 6.07) is 7.78. The highest BCUT2D eigenvalue weighted by molar-refractivity contribution is 5.78. The number of likely N-dealkylation sites (tertiary alicyclic amines) is 1. The summed E-state index contributed by atoms with van der Waals surface area (Å²) in [5, 5.41) is 3.46. The maximum absolute atomic E-state index is 12.4. The van der Waals surface area contributed by atoms with Crippen LogP contribution in [0.2, 0.25) is 0 Å². The van der Waals surface area contributed by atoms with Crippen LogP contribution in [0.5, 0.6) is 5.75 Å². The largest absolute Gasteiger partial charge is 0.497 e. The second-order valence-corrected chi connectivity index (χ2v) is 6.33. The SMILES string of the molecule is COc1ccc(CC(=O)N2CCC3(CCNC3)CC2)cc1. The summed E-state index contributed by atoms with van der Waals surface area (Å²) in [4.78, 5) is 14.4. The normalized spacial score (nSPS) is 20.7. The van der Waals surface area contributed by atoms with E-state index >= 15 is 0 Å². The van der Waals surface area contributed by atoms with Crippen molar-refractivity contribution < 1.29 is 9.53 Å². The van der Waals surface area contributed by atoms with E-state index in [0.29, 0.717) is 11.8 Å². The van der Waals surface area contributed by atoms with Crippen LogP contribution in [0.1, 0.15) is 24.8 Å². The number of carbonyl (C=O) groups excluding carboxylic acids is 1. The molecule has 0 bridgehead atoms. The van der Waals surface area contributed by atoms with Crippen molar-refractivity contribution in [3.05, 3.63) is 29.8 Å². The van der Waals surface area contributed by atoms with Crippen molar-refractivity contribution in [2.45, 2.75) is 25.7 Å². The molecule has 0 unspecified atom stereocenters. The summed E-state index contributed by atoms with van der Waals surface area (Å²) in [5.41, 5.74) is 1.53. The van der Waals surface area contributed by atoms with Gasteiger partial charge in [0.15, 0.2) is 0 Å². The molecule has 1 amide bonds. The van der Waals surface area contributed by atoms with Crippen LogP contribution in [0.25, 0.3) is 0 Å². The van der Waals surface area contributed by atoms with Crippen molar-refractivity contribution in [1.82, 2.24) is 10.2 Å². The van der Waals surface area contributed by atoms with E-state index in [1.54, 1.807) is 7.11 Å². The second kappa shape index (κ2) is 6.06. The van der Waals surface area contributed by atoms with E-state index in [4.69, 9.17) is 4.74 Å². The van der Waals surface area contributed by atoms with Crippen molar-refractivity contribution in [3.63, 3.8) is 0 Å². The highest BCUT2D eigenvalue weighted by Gasteiger charge is 2.37. The average molecular weight is 288 g/mol. The minimum Gasteiger partial charge on any atom is -0.497 e. The summed E-state index contributed by atoms with van der Waals surface area (Å²) < 4.78 is 5.14. The van der Waals surface area contributed by atoms with E-state index in [0.717, 1.165) is 50.3 Å². The molecule has 0 radical (unpaired) electrons. The van der Waals surface area contributed by atoms with Gasteiger partial charge in [-0.25, -0.2) is 0 Å². The average Bonchev–Trinajstić information content (AvgIpc) is 2.97. The lowest BCUT2D eigenvalue weighted by Crippen LogP contribution is -2.44. The minimum absolute atomic E-state index is 0.251. The molecule has 2 fully saturated rings. The molecule has 1 aromatic rings. The van der Waals surface area contributed by atoms with E-state index in [2.05, 4.69) is 5.32 Å². The fourth-order valence-electron chi connectivity index (χ4n) is 3.48. The molecule has 2 heterocycles. The van der Waals surface area contributed by atoms with Gasteiger partial charge in [0.25, 0.3) is 0 Å². The number of ether oxygens (including phenoxy) is 1. The Hall–Kier alpha value is -1.55. The number of methoxy groups -OCH3 is 1. The Bertz CT molecular complexity index is 482. The Kier molecular flexibility index (Phi) is 4.15. The highest BCUT2D eigenvalue weighted by Crippen LogP contribution is 2.36. The van der Waals surface area contributed by atoms with Crippen LogP contribution in [0.15, 0.2) is 24.3 Å². The number of nitrogens with one attached hydrogen (secondary N) is 1. The van der Waals surface area contributed by atoms with Crippen LogP contribution in [0, 0.1) is 5.41 Å². The zero-order chi connectivity index (χ0) is 14.7. The van der Waals surface area contributed by atoms with E-state index in [9.17, 15) is 4.79 Å². The van der Waals surface area contributed by atoms with Crippen LogP contribution in [0.4, 0.5) is 0 Å². The number of hydrogen-bond donors (Lipinski definition) is 1. The van der Waals surface area contributed by atoms with Gasteiger partial charge >= 0.3 is 0 Å². The summed E-state index contributed by atoms with van der Waals surface area (Å²) in [6.07, 6.45) is 4.06. The van der Waals surface area contributed by atoms with E-state index in [-0.39, 0.29) is 5.91 Å². The molecule has 21 heavy (non-hydrogen) atoms. The molecule has 114 valence electrons. The van der Waals surface area contributed by atoms with Gasteiger partial charge in [-0.3, -0.25) is 4.79 Å². The van der Waals surface area contributed by atoms with E-state index < -0.39 is 0 Å². The molecule has 1 aromatic carbocycles. The monoisotopic (exact) mass is 288 g/mol. The highest BCUT2D eigenvalue weighted by atomic mass is 16.5. The van der Waals surface area contributed by atoms with Crippen LogP contribution in [0.3, 0.4) is 0 Å². The molecule has 0 aliphatic carbocycles. The number of nitrogens with zero attached hydrogens (tertiary/aromatic N) is 1. The molecular weight excluding hydrogens is 264 g/mol. The zero-order valence-corrected chi connectivity index (χ0v) is 12.7. The number of piperidine rings is 1. The van der Waals surface area contributed by atoms with Gasteiger partial charge in [-0.1, -0.05) is 12.1 Å². The predicted octanol–water partition coefficient (Wildman–Crippen LogP) is 1.84. The van der Waals surface area contributed by atoms with Crippen molar-refractivity contribution in [1.29, 1.82) is 0 Å². The quantitative estimate of drug-likeness (QED) is 0.923. The minimum atomic E-state index is 0.251. The summed E-state index contributed by atoms with van der Waals surface area (Å²) in [5.74, 6) is 1.08. The zero-order valence-electron chi connectivity index (χ0n) is 12.7. The molecule has 3 rings (SSSR count). The van der Waals surface area contributed by atoms with Gasteiger partial charge in [0, 0.05) is 19.6 Å². The smallest absolute Gasteiger partial charge is 0.226 e. The summed E-state index contributed by atoms with van der Waals surface area (Å²) in [7, 11) is 1.65. The van der Waals surface area contributed by atoms with E-state index in [1.165, 1.54) is 6.42 Å². The molecular formula is C17H24N2O2. The first-order chi connectivity index (χ1) is 10.2. The number of amides is 1. The van der Waals surface area contributed by atoms with Gasteiger partial charge in [-0.15, -0.1) is 0 Å². The Labute approximate surface area is 126 Å². The van der Waals surface area contributed by atoms with Crippen LogP contribution >= 0.6 is 0 Å². The second-order valence-electron chi connectivity index (χ2n) is 6.33. The Morgan fingerprint density at radius 3 is 2.52 bits per heavy atom. The number of rotatable bonds is 3. The lowest BCUT2D eigenvalue weighted by atomic mass is 9.78. The fourth-order valence-corrected chi connectivity index (χ4v) is 3.48. The third-order valence-electron chi connectivity index (χ3n) is 5.02. The van der Waals surface area contributed by atoms with Crippen molar-refractivity contribution in [3.8, 4) is 5.75 Å². The van der Waals surface area contributed by atoms with Gasteiger partial charge in [0.2, 0.25) is 5.91 Å². The molecule has 4 nitrogen and oxygen atoms in total. The molecule has 1 spiro atoms. The first-order valence-electron chi connectivity index (χ1n) is 7.82. The Morgan fingerprint density at radius 1 is 1.24 bits per heavy atom. The third-order valence-corrected chi connectivity index (χ3v) is 5.02. The van der Waals surface area contributed by atoms with Gasteiger partial charge in [-0.05, 0) is 48.9 Å². The first kappa shape index (κ1) is 14.4. The Morgan fingerprint density at radius 2 is 1.95 bits per heavy atom. The van der Waals surface area contributed by atoms with Gasteiger partial charge in [0.1, 0.15) is 5.75 Å². The molecule has 2 saturated heterocycles. The lowest BCUT2D eigenvalue weighted by Gasteiger charge is -2.39. The van der Waals surface area contributed by atoms with Gasteiger partial charge < -0.3 is 15.0 Å². The summed E-state index contributed by atoms with van der Waals surface area (Å²) >= 11 is 0. The van der Waals surface area contributed by atoms with Gasteiger partial charge in [0.05, 0.1) is 13.5 Å².